The Balaban J connectivity index is 1.28. The van der Waals surface area contributed by atoms with Gasteiger partial charge in [-0.1, -0.05) is 25.0 Å². The zero-order chi connectivity index (χ0) is 18.4. The van der Waals surface area contributed by atoms with Crippen LogP contribution in [0.1, 0.15) is 56.6 Å². The van der Waals surface area contributed by atoms with E-state index < -0.39 is 0 Å². The summed E-state index contributed by atoms with van der Waals surface area (Å²) < 4.78 is 18.5. The predicted molar refractivity (Wildman–Crippen MR) is 98.9 cm³/mol. The van der Waals surface area contributed by atoms with Gasteiger partial charge in [0.1, 0.15) is 11.9 Å². The minimum Gasteiger partial charge on any atom is -0.368 e. The van der Waals surface area contributed by atoms with E-state index in [9.17, 15) is 9.18 Å². The number of hydrogen-bond donors (Lipinski definition) is 2. The number of benzene rings is 1. The predicted octanol–water partition coefficient (Wildman–Crippen LogP) is 2.93. The Labute approximate surface area is 155 Å². The lowest BCUT2D eigenvalue weighted by Crippen LogP contribution is -2.36. The third kappa shape index (κ3) is 5.25. The summed E-state index contributed by atoms with van der Waals surface area (Å²) in [6.07, 6.45) is 7.04. The molecule has 0 radical (unpaired) electrons. The van der Waals surface area contributed by atoms with Crippen molar-refractivity contribution in [1.82, 2.24) is 15.8 Å². The summed E-state index contributed by atoms with van der Waals surface area (Å²) >= 11 is 0. The number of nitrogens with one attached hydrogen (secondary N) is 2. The zero-order valence-electron chi connectivity index (χ0n) is 15.5. The average molecular weight is 363 g/mol. The molecule has 3 atom stereocenters. The van der Waals surface area contributed by atoms with Crippen LogP contribution in [0, 0.1) is 5.82 Å². The van der Waals surface area contributed by atoms with Gasteiger partial charge in [-0.25, -0.2) is 4.39 Å². The summed E-state index contributed by atoms with van der Waals surface area (Å²) in [5, 5.41) is 0. The number of unbranched alkanes of at least 4 members (excludes halogenated alkanes) is 2. The molecule has 0 bridgehead atoms. The molecular formula is C20H30FN3O2. The number of ether oxygens (including phenoxy) is 1. The molecule has 2 aliphatic rings. The van der Waals surface area contributed by atoms with E-state index in [4.69, 9.17) is 4.74 Å². The lowest BCUT2D eigenvalue weighted by molar-refractivity contribution is -0.139. The molecule has 3 unspecified atom stereocenters. The van der Waals surface area contributed by atoms with Crippen LogP contribution >= 0.6 is 0 Å². The van der Waals surface area contributed by atoms with Gasteiger partial charge in [0.2, 0.25) is 0 Å². The second-order valence-electron chi connectivity index (χ2n) is 7.44. The van der Waals surface area contributed by atoms with Crippen molar-refractivity contribution in [1.29, 1.82) is 0 Å². The largest absolute Gasteiger partial charge is 0.368 e. The summed E-state index contributed by atoms with van der Waals surface area (Å²) in [6, 6.07) is 7.40. The van der Waals surface area contributed by atoms with E-state index in [1.54, 1.807) is 0 Å². The van der Waals surface area contributed by atoms with Crippen LogP contribution in [0.25, 0.3) is 0 Å². The molecule has 0 aromatic heterocycles. The number of hydrazine groups is 1. The second-order valence-corrected chi connectivity index (χ2v) is 7.44. The molecule has 2 heterocycles. The summed E-state index contributed by atoms with van der Waals surface area (Å²) in [4.78, 5) is 14.0. The molecule has 0 spiro atoms. The number of nitrogens with zero attached hydrogens (tertiary/aromatic N) is 1. The number of likely N-dealkylation sites (N-methyl/N-ethyl adjacent to an activating group) is 1. The fourth-order valence-corrected chi connectivity index (χ4v) is 3.77. The Morgan fingerprint density at radius 2 is 2.04 bits per heavy atom. The van der Waals surface area contributed by atoms with Gasteiger partial charge in [0.05, 0.1) is 0 Å². The topological polar surface area (TPSA) is 53.6 Å². The molecule has 5 nitrogen and oxygen atoms in total. The van der Waals surface area contributed by atoms with Crippen molar-refractivity contribution < 1.29 is 13.9 Å². The van der Waals surface area contributed by atoms with Gasteiger partial charge in [-0.15, -0.1) is 0 Å². The summed E-state index contributed by atoms with van der Waals surface area (Å²) in [5.74, 6) is -0.0644. The Bertz CT molecular complexity index is 575. The maximum atomic E-state index is 13.0. The first-order valence-electron chi connectivity index (χ1n) is 9.76. The minimum atomic E-state index is -0.211. The van der Waals surface area contributed by atoms with Crippen LogP contribution in [-0.2, 0) is 9.53 Å². The van der Waals surface area contributed by atoms with Crippen molar-refractivity contribution in [2.75, 3.05) is 20.2 Å². The Kier molecular flexibility index (Phi) is 7.00. The van der Waals surface area contributed by atoms with E-state index >= 15 is 0 Å². The van der Waals surface area contributed by atoms with Crippen molar-refractivity contribution in [3.05, 3.63) is 35.6 Å². The van der Waals surface area contributed by atoms with Crippen LogP contribution in [0.4, 0.5) is 4.39 Å². The first-order chi connectivity index (χ1) is 12.6. The van der Waals surface area contributed by atoms with Gasteiger partial charge in [-0.05, 0) is 49.8 Å². The minimum absolute atomic E-state index is 0.131. The standard InChI is InChI=1S/C20H30FN3O2/c1-24(20(25)19-7-5-13-26-19)12-4-2-3-6-17-14-18(23-22-17)15-8-10-16(21)11-9-15/h8-11,17-19,22-23H,2-7,12-14H2,1H3. The number of carbonyl (C=O) groups excluding carboxylic acids is 1. The second kappa shape index (κ2) is 9.44. The molecule has 144 valence electrons. The monoisotopic (exact) mass is 363 g/mol. The Morgan fingerprint density at radius 3 is 2.77 bits per heavy atom. The summed E-state index contributed by atoms with van der Waals surface area (Å²) in [5.41, 5.74) is 7.78. The molecule has 2 fully saturated rings. The van der Waals surface area contributed by atoms with Gasteiger partial charge in [0.15, 0.2) is 0 Å². The summed E-state index contributed by atoms with van der Waals surface area (Å²) in [7, 11) is 1.87. The highest BCUT2D eigenvalue weighted by atomic mass is 19.1. The SMILES string of the molecule is CN(CCCCCC1CC(c2ccc(F)cc2)NN1)C(=O)C1CCCO1. The molecule has 1 aromatic rings. The highest BCUT2D eigenvalue weighted by molar-refractivity contribution is 5.80. The number of hydrogen-bond acceptors (Lipinski definition) is 4. The maximum Gasteiger partial charge on any atom is 0.251 e. The molecule has 26 heavy (non-hydrogen) atoms. The van der Waals surface area contributed by atoms with Crippen LogP contribution in [-0.4, -0.2) is 43.2 Å². The number of carbonyl (C=O) groups is 1. The fraction of sp³-hybridized carbons (Fsp3) is 0.650. The third-order valence-corrected chi connectivity index (χ3v) is 5.38. The van der Waals surface area contributed by atoms with Crippen molar-refractivity contribution in [3.63, 3.8) is 0 Å². The van der Waals surface area contributed by atoms with E-state index in [2.05, 4.69) is 10.9 Å². The molecule has 6 heteroatoms. The molecule has 2 saturated heterocycles. The lowest BCUT2D eigenvalue weighted by Gasteiger charge is -2.20. The number of rotatable bonds is 8. The van der Waals surface area contributed by atoms with Crippen molar-refractivity contribution in [3.8, 4) is 0 Å². The highest BCUT2D eigenvalue weighted by Crippen LogP contribution is 2.24. The molecule has 2 aliphatic heterocycles. The fourth-order valence-electron chi connectivity index (χ4n) is 3.77. The van der Waals surface area contributed by atoms with Gasteiger partial charge in [-0.3, -0.25) is 15.6 Å². The molecule has 3 rings (SSSR count). The Hall–Kier alpha value is -1.50. The van der Waals surface area contributed by atoms with E-state index in [0.717, 1.165) is 57.1 Å². The van der Waals surface area contributed by atoms with Crippen molar-refractivity contribution in [2.24, 2.45) is 0 Å². The average Bonchev–Trinajstić information content (AvgIpc) is 3.33. The zero-order valence-corrected chi connectivity index (χ0v) is 15.5. The molecule has 2 N–H and O–H groups in total. The van der Waals surface area contributed by atoms with Crippen molar-refractivity contribution in [2.45, 2.75) is 63.1 Å². The van der Waals surface area contributed by atoms with Gasteiger partial charge in [0, 0.05) is 32.3 Å². The van der Waals surface area contributed by atoms with E-state index in [1.165, 1.54) is 12.1 Å². The Morgan fingerprint density at radius 1 is 1.23 bits per heavy atom. The number of amides is 1. The van der Waals surface area contributed by atoms with E-state index in [-0.39, 0.29) is 23.9 Å². The first kappa shape index (κ1) is 19.3. The lowest BCUT2D eigenvalue weighted by atomic mass is 9.99. The smallest absolute Gasteiger partial charge is 0.251 e. The van der Waals surface area contributed by atoms with E-state index in [1.807, 2.05) is 24.1 Å². The van der Waals surface area contributed by atoms with Gasteiger partial charge in [0.25, 0.3) is 5.91 Å². The third-order valence-electron chi connectivity index (χ3n) is 5.38. The first-order valence-corrected chi connectivity index (χ1v) is 9.76. The molecule has 1 aromatic carbocycles. The van der Waals surface area contributed by atoms with Crippen molar-refractivity contribution >= 4 is 5.91 Å². The van der Waals surface area contributed by atoms with Gasteiger partial charge >= 0.3 is 0 Å². The van der Waals surface area contributed by atoms with E-state index in [0.29, 0.717) is 12.6 Å². The quantitative estimate of drug-likeness (QED) is 0.698. The van der Waals surface area contributed by atoms with Crippen LogP contribution in [0.15, 0.2) is 24.3 Å². The van der Waals surface area contributed by atoms with Gasteiger partial charge < -0.3 is 9.64 Å². The molecule has 0 aliphatic carbocycles. The maximum absolute atomic E-state index is 13.0. The summed E-state index contributed by atoms with van der Waals surface area (Å²) in [6.45, 7) is 1.51. The van der Waals surface area contributed by atoms with Crippen LogP contribution < -0.4 is 10.9 Å². The molecule has 1 amide bonds. The molecule has 0 saturated carbocycles. The van der Waals surface area contributed by atoms with Crippen LogP contribution in [0.5, 0.6) is 0 Å². The van der Waals surface area contributed by atoms with Gasteiger partial charge in [-0.2, -0.15) is 0 Å². The van der Waals surface area contributed by atoms with Crippen LogP contribution in [0.3, 0.4) is 0 Å². The number of halogens is 1. The highest BCUT2D eigenvalue weighted by Gasteiger charge is 2.26. The molecular weight excluding hydrogens is 333 g/mol. The normalized spacial score (nSPS) is 25.5. The van der Waals surface area contributed by atoms with Crippen LogP contribution in [0.2, 0.25) is 0 Å².